The number of anilines is 1. The molecule has 0 saturated heterocycles. The summed E-state index contributed by atoms with van der Waals surface area (Å²) in [6, 6.07) is 0. The van der Waals surface area contributed by atoms with E-state index in [9.17, 15) is 4.79 Å². The molecule has 0 amide bonds. The molecule has 0 radical (unpaired) electrons. The maximum Gasteiger partial charge on any atom is 0.182 e. The maximum atomic E-state index is 11.7. The summed E-state index contributed by atoms with van der Waals surface area (Å²) >= 11 is 0. The quantitative estimate of drug-likeness (QED) is 0.777. The molecule has 1 aliphatic rings. The summed E-state index contributed by atoms with van der Waals surface area (Å²) in [5.74, 6) is 0.200. The predicted molar refractivity (Wildman–Crippen MR) is 62.3 cm³/mol. The van der Waals surface area contributed by atoms with Crippen LogP contribution >= 0.6 is 0 Å². The molecule has 1 aromatic rings. The van der Waals surface area contributed by atoms with Crippen LogP contribution in [0.25, 0.3) is 5.57 Å². The lowest BCUT2D eigenvalue weighted by Gasteiger charge is -2.14. The molecule has 2 N–H and O–H groups in total. The Kier molecular flexibility index (Phi) is 2.39. The van der Waals surface area contributed by atoms with Gasteiger partial charge in [-0.3, -0.25) is 4.79 Å². The van der Waals surface area contributed by atoms with Crippen molar-refractivity contribution in [2.24, 2.45) is 0 Å². The smallest absolute Gasteiger partial charge is 0.182 e. The lowest BCUT2D eigenvalue weighted by atomic mass is 10.0. The molecule has 0 aromatic carbocycles. The molecule has 3 heteroatoms. The van der Waals surface area contributed by atoms with Gasteiger partial charge >= 0.3 is 0 Å². The van der Waals surface area contributed by atoms with Gasteiger partial charge in [-0.05, 0) is 18.9 Å². The number of H-pyrrole nitrogens is 1. The number of hydrogen-bond acceptors (Lipinski definition) is 2. The first-order valence-electron chi connectivity index (χ1n) is 5.33. The highest BCUT2D eigenvalue weighted by Crippen LogP contribution is 2.33. The van der Waals surface area contributed by atoms with Crippen molar-refractivity contribution in [2.75, 3.05) is 11.9 Å². The first-order valence-corrected chi connectivity index (χ1v) is 5.33. The largest absolute Gasteiger partial charge is 0.382 e. The third-order valence-electron chi connectivity index (χ3n) is 2.79. The van der Waals surface area contributed by atoms with Gasteiger partial charge in [0.15, 0.2) is 5.78 Å². The first kappa shape index (κ1) is 10.0. The number of nitrogens with one attached hydrogen (secondary N) is 2. The van der Waals surface area contributed by atoms with Gasteiger partial charge in [-0.25, -0.2) is 0 Å². The van der Waals surface area contributed by atoms with Crippen molar-refractivity contribution in [2.45, 2.75) is 26.7 Å². The lowest BCUT2D eigenvalue weighted by molar-refractivity contribution is 0.0979. The van der Waals surface area contributed by atoms with E-state index >= 15 is 0 Å². The van der Waals surface area contributed by atoms with Crippen LogP contribution in [0.1, 0.15) is 42.0 Å². The van der Waals surface area contributed by atoms with E-state index in [4.69, 9.17) is 0 Å². The van der Waals surface area contributed by atoms with Gasteiger partial charge < -0.3 is 10.3 Å². The summed E-state index contributed by atoms with van der Waals surface area (Å²) < 4.78 is 0. The first-order chi connectivity index (χ1) is 7.15. The number of Topliss-reactive ketones (excluding diaryl/α,β-unsaturated/α-hetero) is 1. The molecule has 3 nitrogen and oxygen atoms in total. The Labute approximate surface area is 89.6 Å². The number of allylic oxidation sites excluding steroid dienone is 1. The summed E-state index contributed by atoms with van der Waals surface area (Å²) in [6.07, 6.45) is 1.47. The third-order valence-corrected chi connectivity index (χ3v) is 2.79. The van der Waals surface area contributed by atoms with Gasteiger partial charge in [0.25, 0.3) is 0 Å². The number of carbonyl (C=O) groups excluding carboxylic acids is 1. The molecule has 0 unspecified atom stereocenters. The van der Waals surface area contributed by atoms with E-state index in [-0.39, 0.29) is 5.78 Å². The zero-order chi connectivity index (χ0) is 11.0. The third kappa shape index (κ3) is 1.48. The van der Waals surface area contributed by atoms with Crippen molar-refractivity contribution in [3.05, 3.63) is 23.5 Å². The van der Waals surface area contributed by atoms with Crippen LogP contribution < -0.4 is 5.32 Å². The Hall–Kier alpha value is -1.51. The van der Waals surface area contributed by atoms with Crippen molar-refractivity contribution in [1.82, 2.24) is 4.98 Å². The molecule has 0 atom stereocenters. The van der Waals surface area contributed by atoms with Crippen LogP contribution in [-0.2, 0) is 6.42 Å². The highest BCUT2D eigenvalue weighted by molar-refractivity contribution is 6.04. The highest BCUT2D eigenvalue weighted by atomic mass is 16.1. The van der Waals surface area contributed by atoms with Crippen LogP contribution in [-0.4, -0.2) is 17.3 Å². The molecular weight excluding hydrogens is 188 g/mol. The van der Waals surface area contributed by atoms with Gasteiger partial charge in [0.2, 0.25) is 0 Å². The number of hydrogen-bond donors (Lipinski definition) is 2. The Balaban J connectivity index is 2.62. The number of rotatable bonds is 2. The Morgan fingerprint density at radius 2 is 2.27 bits per heavy atom. The fourth-order valence-corrected chi connectivity index (χ4v) is 2.10. The van der Waals surface area contributed by atoms with Crippen molar-refractivity contribution >= 4 is 17.0 Å². The zero-order valence-electron chi connectivity index (χ0n) is 9.24. The van der Waals surface area contributed by atoms with Crippen molar-refractivity contribution in [1.29, 1.82) is 0 Å². The van der Waals surface area contributed by atoms with Gasteiger partial charge in [0.1, 0.15) is 5.69 Å². The number of aryl methyl sites for hydroxylation is 1. The van der Waals surface area contributed by atoms with E-state index in [1.54, 1.807) is 0 Å². The maximum absolute atomic E-state index is 11.7. The fraction of sp³-hybridized carbons (Fsp3) is 0.417. The Morgan fingerprint density at radius 1 is 1.53 bits per heavy atom. The summed E-state index contributed by atoms with van der Waals surface area (Å²) in [7, 11) is 0. The summed E-state index contributed by atoms with van der Waals surface area (Å²) in [6.45, 7) is 8.75. The standard InChI is InChI=1S/C12H16N2O/c1-4-8-10(7(2)3)12-11(14-8)9(15)5-6-13-12/h13-14H,2,4-6H2,1,3H3. The molecule has 1 aromatic heterocycles. The monoisotopic (exact) mass is 204 g/mol. The molecule has 15 heavy (non-hydrogen) atoms. The normalized spacial score (nSPS) is 14.7. The fourth-order valence-electron chi connectivity index (χ4n) is 2.10. The molecule has 80 valence electrons. The summed E-state index contributed by atoms with van der Waals surface area (Å²) in [5.41, 5.74) is 4.90. The van der Waals surface area contributed by atoms with Crippen LogP contribution in [0.2, 0.25) is 0 Å². The molecule has 0 bridgehead atoms. The molecule has 0 spiro atoms. The molecule has 0 aliphatic carbocycles. The molecule has 1 aliphatic heterocycles. The SMILES string of the molecule is C=C(C)c1c(CC)[nH]c2c1NCCC2=O. The molecule has 2 heterocycles. The van der Waals surface area contributed by atoms with Gasteiger partial charge in [0.05, 0.1) is 5.69 Å². The van der Waals surface area contributed by atoms with Crippen LogP contribution in [0.3, 0.4) is 0 Å². The van der Waals surface area contributed by atoms with Crippen molar-refractivity contribution < 1.29 is 4.79 Å². The van der Waals surface area contributed by atoms with Crippen molar-refractivity contribution in [3.63, 3.8) is 0 Å². The lowest BCUT2D eigenvalue weighted by Crippen LogP contribution is -2.17. The van der Waals surface area contributed by atoms with Crippen LogP contribution in [0.5, 0.6) is 0 Å². The van der Waals surface area contributed by atoms with Gasteiger partial charge in [-0.15, -0.1) is 0 Å². The molecule has 2 rings (SSSR count). The van der Waals surface area contributed by atoms with Gasteiger partial charge in [0, 0.05) is 24.2 Å². The minimum atomic E-state index is 0.200. The minimum Gasteiger partial charge on any atom is -0.382 e. The number of fused-ring (bicyclic) bond motifs is 1. The van der Waals surface area contributed by atoms with E-state index in [1.807, 2.05) is 6.92 Å². The van der Waals surface area contributed by atoms with E-state index in [0.29, 0.717) is 6.42 Å². The molecular formula is C12H16N2O. The van der Waals surface area contributed by atoms with Crippen LogP contribution in [0.15, 0.2) is 6.58 Å². The summed E-state index contributed by atoms with van der Waals surface area (Å²) in [5, 5.41) is 3.28. The van der Waals surface area contributed by atoms with E-state index in [1.165, 1.54) is 0 Å². The van der Waals surface area contributed by atoms with E-state index in [2.05, 4.69) is 23.8 Å². The second-order valence-electron chi connectivity index (χ2n) is 3.96. The molecule has 0 fully saturated rings. The topological polar surface area (TPSA) is 44.9 Å². The second-order valence-corrected chi connectivity index (χ2v) is 3.96. The van der Waals surface area contributed by atoms with Crippen LogP contribution in [0, 0.1) is 0 Å². The summed E-state index contributed by atoms with van der Waals surface area (Å²) in [4.78, 5) is 14.9. The average Bonchev–Trinajstić information content (AvgIpc) is 2.57. The number of ketones is 1. The number of carbonyl (C=O) groups is 1. The predicted octanol–water partition coefficient (Wildman–Crippen LogP) is 2.61. The Bertz CT molecular complexity index is 429. The van der Waals surface area contributed by atoms with Gasteiger partial charge in [-0.1, -0.05) is 13.5 Å². The van der Waals surface area contributed by atoms with Gasteiger partial charge in [-0.2, -0.15) is 0 Å². The van der Waals surface area contributed by atoms with Crippen molar-refractivity contribution in [3.8, 4) is 0 Å². The number of aromatic nitrogens is 1. The zero-order valence-corrected chi connectivity index (χ0v) is 9.24. The van der Waals surface area contributed by atoms with Crippen LogP contribution in [0.4, 0.5) is 5.69 Å². The Morgan fingerprint density at radius 3 is 2.87 bits per heavy atom. The van der Waals surface area contributed by atoms with E-state index in [0.717, 1.165) is 41.2 Å². The highest BCUT2D eigenvalue weighted by Gasteiger charge is 2.24. The second kappa shape index (κ2) is 3.57. The minimum absolute atomic E-state index is 0.200. The number of aromatic amines is 1. The van der Waals surface area contributed by atoms with E-state index < -0.39 is 0 Å². The average molecular weight is 204 g/mol. The molecule has 0 saturated carbocycles.